The van der Waals surface area contributed by atoms with Gasteiger partial charge in [-0.05, 0) is 28.1 Å². The van der Waals surface area contributed by atoms with E-state index >= 15 is 0 Å². The molecule has 1 rings (SSSR count). The van der Waals surface area contributed by atoms with Gasteiger partial charge in [-0.1, -0.05) is 0 Å². The summed E-state index contributed by atoms with van der Waals surface area (Å²) in [6.07, 6.45) is -2.53. The SMILES string of the molecule is O=C(NCC(F)(F)C(F)F)c1ccnc(Br)c1. The van der Waals surface area contributed by atoms with E-state index in [-0.39, 0.29) is 5.56 Å². The molecule has 0 aliphatic rings. The number of nitrogens with one attached hydrogen (secondary N) is 1. The predicted molar refractivity (Wildman–Crippen MR) is 55.2 cm³/mol. The quantitative estimate of drug-likeness (QED) is 0.685. The summed E-state index contributed by atoms with van der Waals surface area (Å²) in [6, 6.07) is 2.57. The van der Waals surface area contributed by atoms with Gasteiger partial charge in [-0.15, -0.1) is 0 Å². The molecule has 1 N–H and O–H groups in total. The van der Waals surface area contributed by atoms with Gasteiger partial charge in [0.1, 0.15) is 4.60 Å². The molecule has 94 valence electrons. The van der Waals surface area contributed by atoms with Crippen LogP contribution in [0.25, 0.3) is 0 Å². The average Bonchev–Trinajstić information content (AvgIpc) is 2.25. The lowest BCUT2D eigenvalue weighted by molar-refractivity contribution is -0.123. The van der Waals surface area contributed by atoms with Crippen LogP contribution >= 0.6 is 15.9 Å². The third kappa shape index (κ3) is 3.95. The second kappa shape index (κ2) is 5.44. The number of carbonyl (C=O) groups excluding carboxylic acids is 1. The molecule has 3 nitrogen and oxygen atoms in total. The molecule has 0 aromatic carbocycles. The minimum atomic E-state index is -4.24. The molecule has 0 bridgehead atoms. The Morgan fingerprint density at radius 2 is 2.18 bits per heavy atom. The summed E-state index contributed by atoms with van der Waals surface area (Å²) in [6.45, 7) is -1.41. The zero-order chi connectivity index (χ0) is 13.1. The van der Waals surface area contributed by atoms with Crippen LogP contribution in [0.5, 0.6) is 0 Å². The minimum absolute atomic E-state index is 0.0527. The zero-order valence-electron chi connectivity index (χ0n) is 8.26. The Bertz CT molecular complexity index is 414. The van der Waals surface area contributed by atoms with Crippen LogP contribution in [-0.2, 0) is 0 Å². The number of halogens is 5. The van der Waals surface area contributed by atoms with Crippen LogP contribution in [0, 0.1) is 0 Å². The summed E-state index contributed by atoms with van der Waals surface area (Å²) < 4.78 is 49.0. The van der Waals surface area contributed by atoms with Gasteiger partial charge in [0.05, 0.1) is 6.54 Å². The number of rotatable bonds is 4. The van der Waals surface area contributed by atoms with Crippen LogP contribution in [0.15, 0.2) is 22.9 Å². The lowest BCUT2D eigenvalue weighted by Crippen LogP contribution is -2.41. The van der Waals surface area contributed by atoms with Gasteiger partial charge in [-0.3, -0.25) is 4.79 Å². The number of carbonyl (C=O) groups is 1. The van der Waals surface area contributed by atoms with Gasteiger partial charge in [0.25, 0.3) is 5.91 Å². The fourth-order valence-electron chi connectivity index (χ4n) is 0.921. The van der Waals surface area contributed by atoms with Gasteiger partial charge >= 0.3 is 12.3 Å². The number of aromatic nitrogens is 1. The molecular formula is C9H7BrF4N2O. The summed E-state index contributed by atoms with van der Waals surface area (Å²) in [7, 11) is 0. The van der Waals surface area contributed by atoms with Crippen LogP contribution in [0.4, 0.5) is 17.6 Å². The average molecular weight is 315 g/mol. The van der Waals surface area contributed by atoms with E-state index < -0.39 is 24.8 Å². The maximum absolute atomic E-state index is 12.5. The summed E-state index contributed by atoms with van der Waals surface area (Å²) in [5.74, 6) is -5.10. The highest BCUT2D eigenvalue weighted by atomic mass is 79.9. The van der Waals surface area contributed by atoms with Crippen molar-refractivity contribution in [2.24, 2.45) is 0 Å². The molecule has 1 aromatic rings. The summed E-state index contributed by atoms with van der Waals surface area (Å²) in [5, 5.41) is 1.73. The first-order valence-electron chi connectivity index (χ1n) is 4.38. The number of pyridine rings is 1. The Morgan fingerprint density at radius 3 is 2.71 bits per heavy atom. The van der Waals surface area contributed by atoms with Crippen LogP contribution < -0.4 is 5.32 Å². The third-order valence-electron chi connectivity index (χ3n) is 1.79. The molecule has 1 heterocycles. The Hall–Kier alpha value is -1.18. The van der Waals surface area contributed by atoms with Gasteiger partial charge in [-0.2, -0.15) is 8.78 Å². The molecule has 17 heavy (non-hydrogen) atoms. The monoisotopic (exact) mass is 314 g/mol. The van der Waals surface area contributed by atoms with Crippen LogP contribution in [0.3, 0.4) is 0 Å². The van der Waals surface area contributed by atoms with Crippen molar-refractivity contribution in [3.05, 3.63) is 28.5 Å². The van der Waals surface area contributed by atoms with Gasteiger partial charge in [0.15, 0.2) is 0 Å². The largest absolute Gasteiger partial charge is 0.346 e. The number of hydrogen-bond donors (Lipinski definition) is 1. The van der Waals surface area contributed by atoms with Gasteiger partial charge in [-0.25, -0.2) is 13.8 Å². The molecule has 0 aliphatic heterocycles. The van der Waals surface area contributed by atoms with Gasteiger partial charge in [0, 0.05) is 11.8 Å². The number of amides is 1. The molecule has 0 saturated carbocycles. The van der Waals surface area contributed by atoms with Crippen LogP contribution in [0.1, 0.15) is 10.4 Å². The fraction of sp³-hybridized carbons (Fsp3) is 0.333. The van der Waals surface area contributed by atoms with Crippen molar-refractivity contribution in [1.29, 1.82) is 0 Å². The molecule has 0 atom stereocenters. The van der Waals surface area contributed by atoms with E-state index in [1.807, 2.05) is 0 Å². The second-order valence-electron chi connectivity index (χ2n) is 3.11. The number of hydrogen-bond acceptors (Lipinski definition) is 2. The van der Waals surface area contributed by atoms with E-state index in [2.05, 4.69) is 20.9 Å². The van der Waals surface area contributed by atoms with E-state index in [4.69, 9.17) is 0 Å². The second-order valence-corrected chi connectivity index (χ2v) is 3.92. The van der Waals surface area contributed by atoms with Gasteiger partial charge in [0.2, 0.25) is 0 Å². The Labute approximate surface area is 102 Å². The molecule has 0 spiro atoms. The lowest BCUT2D eigenvalue weighted by atomic mass is 10.2. The van der Waals surface area contributed by atoms with E-state index in [9.17, 15) is 22.4 Å². The lowest BCUT2D eigenvalue weighted by Gasteiger charge is -2.15. The third-order valence-corrected chi connectivity index (χ3v) is 2.23. The van der Waals surface area contributed by atoms with E-state index in [1.54, 1.807) is 5.32 Å². The summed E-state index contributed by atoms with van der Waals surface area (Å²) >= 11 is 2.99. The first-order valence-corrected chi connectivity index (χ1v) is 5.18. The highest BCUT2D eigenvalue weighted by Crippen LogP contribution is 2.21. The predicted octanol–water partition coefficient (Wildman–Crippen LogP) is 2.47. The Balaban J connectivity index is 2.62. The number of nitrogens with zero attached hydrogens (tertiary/aromatic N) is 1. The molecule has 0 radical (unpaired) electrons. The fourth-order valence-corrected chi connectivity index (χ4v) is 1.29. The normalized spacial score (nSPS) is 11.6. The molecule has 0 unspecified atom stereocenters. The maximum Gasteiger partial charge on any atom is 0.324 e. The molecule has 1 aromatic heterocycles. The van der Waals surface area contributed by atoms with Crippen molar-refractivity contribution >= 4 is 21.8 Å². The smallest absolute Gasteiger partial charge is 0.324 e. The van der Waals surface area contributed by atoms with Crippen molar-refractivity contribution in [2.45, 2.75) is 12.3 Å². The molecule has 8 heteroatoms. The minimum Gasteiger partial charge on any atom is -0.346 e. The van der Waals surface area contributed by atoms with Crippen LogP contribution in [-0.4, -0.2) is 29.8 Å². The van der Waals surface area contributed by atoms with Crippen molar-refractivity contribution in [2.75, 3.05) is 6.54 Å². The maximum atomic E-state index is 12.5. The first-order chi connectivity index (χ1) is 7.83. The summed E-state index contributed by atoms with van der Waals surface area (Å²) in [4.78, 5) is 15.1. The van der Waals surface area contributed by atoms with E-state index in [1.165, 1.54) is 18.3 Å². The van der Waals surface area contributed by atoms with E-state index in [0.29, 0.717) is 4.60 Å². The van der Waals surface area contributed by atoms with Crippen molar-refractivity contribution in [3.8, 4) is 0 Å². The molecule has 1 amide bonds. The molecule has 0 aliphatic carbocycles. The molecule has 0 saturated heterocycles. The van der Waals surface area contributed by atoms with Crippen molar-refractivity contribution in [1.82, 2.24) is 10.3 Å². The highest BCUT2D eigenvalue weighted by Gasteiger charge is 2.40. The van der Waals surface area contributed by atoms with Crippen molar-refractivity contribution < 1.29 is 22.4 Å². The zero-order valence-corrected chi connectivity index (χ0v) is 9.85. The van der Waals surface area contributed by atoms with E-state index in [0.717, 1.165) is 0 Å². The Kier molecular flexibility index (Phi) is 4.44. The molecule has 0 fully saturated rings. The van der Waals surface area contributed by atoms with Gasteiger partial charge < -0.3 is 5.32 Å². The standard InChI is InChI=1S/C9H7BrF4N2O/c10-6-3-5(1-2-15-6)7(17)16-4-9(13,14)8(11)12/h1-3,8H,4H2,(H,16,17). The Morgan fingerprint density at radius 1 is 1.53 bits per heavy atom. The first kappa shape index (κ1) is 13.9. The van der Waals surface area contributed by atoms with Crippen LogP contribution in [0.2, 0.25) is 0 Å². The molecular weight excluding hydrogens is 308 g/mol. The highest BCUT2D eigenvalue weighted by molar-refractivity contribution is 9.10. The van der Waals surface area contributed by atoms with Crippen molar-refractivity contribution in [3.63, 3.8) is 0 Å². The summed E-state index contributed by atoms with van der Waals surface area (Å²) in [5.41, 5.74) is 0.0527. The topological polar surface area (TPSA) is 42.0 Å². The number of alkyl halides is 4.